The monoisotopic (exact) mass is 315 g/mol. The van der Waals surface area contributed by atoms with E-state index in [4.69, 9.17) is 11.6 Å². The summed E-state index contributed by atoms with van der Waals surface area (Å²) in [7, 11) is 1.93. The molecule has 2 nitrogen and oxygen atoms in total. The van der Waals surface area contributed by atoms with Crippen LogP contribution in [-0.2, 0) is 6.42 Å². The zero-order valence-corrected chi connectivity index (χ0v) is 13.6. The van der Waals surface area contributed by atoms with Crippen molar-refractivity contribution in [2.75, 3.05) is 7.05 Å². The molecule has 0 bridgehead atoms. The quantitative estimate of drug-likeness (QED) is 0.896. The number of halogens is 1. The first kappa shape index (κ1) is 15.5. The van der Waals surface area contributed by atoms with Crippen molar-refractivity contribution in [3.8, 4) is 11.1 Å². The third kappa shape index (κ3) is 3.52. The largest absolute Gasteiger partial charge is 0.391 e. The molecule has 1 saturated carbocycles. The van der Waals surface area contributed by atoms with Crippen molar-refractivity contribution in [2.45, 2.75) is 31.4 Å². The van der Waals surface area contributed by atoms with E-state index >= 15 is 0 Å². The third-order valence-corrected chi connectivity index (χ3v) is 4.91. The first-order valence-electron chi connectivity index (χ1n) is 7.86. The Morgan fingerprint density at radius 3 is 2.14 bits per heavy atom. The van der Waals surface area contributed by atoms with E-state index in [9.17, 15) is 5.11 Å². The predicted molar refractivity (Wildman–Crippen MR) is 92.2 cm³/mol. The second-order valence-corrected chi connectivity index (χ2v) is 6.64. The van der Waals surface area contributed by atoms with Crippen LogP contribution in [0.4, 0.5) is 0 Å². The molecule has 0 aliphatic heterocycles. The molecule has 0 spiro atoms. The summed E-state index contributed by atoms with van der Waals surface area (Å²) in [5, 5.41) is 13.9. The van der Waals surface area contributed by atoms with Gasteiger partial charge in [-0.15, -0.1) is 0 Å². The summed E-state index contributed by atoms with van der Waals surface area (Å²) in [4.78, 5) is 0. The fourth-order valence-electron chi connectivity index (χ4n) is 3.40. The summed E-state index contributed by atoms with van der Waals surface area (Å²) < 4.78 is 0. The normalized spacial score (nSPS) is 24.6. The number of aliphatic hydroxyl groups excluding tert-OH is 1. The van der Waals surface area contributed by atoms with Crippen molar-refractivity contribution in [2.24, 2.45) is 5.92 Å². The van der Waals surface area contributed by atoms with Gasteiger partial charge in [0.1, 0.15) is 0 Å². The maximum Gasteiger partial charge on any atom is 0.0695 e. The van der Waals surface area contributed by atoms with E-state index in [2.05, 4.69) is 29.6 Å². The summed E-state index contributed by atoms with van der Waals surface area (Å²) in [6.45, 7) is 0. The number of hydrogen-bond donors (Lipinski definition) is 2. The second kappa shape index (κ2) is 6.82. The zero-order valence-electron chi connectivity index (χ0n) is 12.8. The number of rotatable bonds is 4. The molecule has 2 aromatic rings. The Hall–Kier alpha value is -1.35. The van der Waals surface area contributed by atoms with Crippen LogP contribution in [0.3, 0.4) is 0 Å². The van der Waals surface area contributed by atoms with E-state index in [1.165, 1.54) is 16.7 Å². The molecular weight excluding hydrogens is 294 g/mol. The molecule has 22 heavy (non-hydrogen) atoms. The Bertz CT molecular complexity index is 608. The van der Waals surface area contributed by atoms with Gasteiger partial charge in [-0.05, 0) is 61.1 Å². The fourth-order valence-corrected chi connectivity index (χ4v) is 3.53. The van der Waals surface area contributed by atoms with E-state index in [1.807, 2.05) is 31.3 Å². The summed E-state index contributed by atoms with van der Waals surface area (Å²) in [6.07, 6.45) is 2.78. The van der Waals surface area contributed by atoms with Gasteiger partial charge in [0.25, 0.3) is 0 Å². The highest BCUT2D eigenvalue weighted by atomic mass is 35.5. The molecule has 2 aromatic carbocycles. The minimum absolute atomic E-state index is 0.205. The Kier molecular flexibility index (Phi) is 4.82. The molecule has 3 heteroatoms. The van der Waals surface area contributed by atoms with Crippen LogP contribution in [0.25, 0.3) is 11.1 Å². The lowest BCUT2D eigenvalue weighted by Crippen LogP contribution is -2.32. The molecule has 0 amide bonds. The van der Waals surface area contributed by atoms with Crippen molar-refractivity contribution in [3.63, 3.8) is 0 Å². The number of benzene rings is 2. The zero-order chi connectivity index (χ0) is 15.5. The standard InChI is InChI=1S/C19H22ClNO/c1-21-18-11-14(12-19(18)22)10-13-2-4-15(5-3-13)16-6-8-17(20)9-7-16/h2-9,14,18-19,21-22H,10-12H2,1H3/t14-,18+,19+/m0/s1. The molecule has 0 unspecified atom stereocenters. The number of aliphatic hydroxyl groups is 1. The highest BCUT2D eigenvalue weighted by molar-refractivity contribution is 6.30. The average Bonchev–Trinajstić information content (AvgIpc) is 2.88. The Balaban J connectivity index is 1.66. The molecule has 0 saturated heterocycles. The molecule has 3 atom stereocenters. The highest BCUT2D eigenvalue weighted by Gasteiger charge is 2.31. The molecule has 0 heterocycles. The summed E-state index contributed by atoms with van der Waals surface area (Å²) in [6, 6.07) is 16.9. The number of hydrogen-bond acceptors (Lipinski definition) is 2. The summed E-state index contributed by atoms with van der Waals surface area (Å²) >= 11 is 5.93. The first-order chi connectivity index (χ1) is 10.7. The smallest absolute Gasteiger partial charge is 0.0695 e. The molecular formula is C19H22ClNO. The summed E-state index contributed by atoms with van der Waals surface area (Å²) in [5.74, 6) is 0.564. The van der Waals surface area contributed by atoms with Gasteiger partial charge < -0.3 is 10.4 Å². The number of likely N-dealkylation sites (N-methyl/N-ethyl adjacent to an activating group) is 1. The van der Waals surface area contributed by atoms with Crippen LogP contribution in [0.2, 0.25) is 5.02 Å². The van der Waals surface area contributed by atoms with Gasteiger partial charge in [0.2, 0.25) is 0 Å². The maximum atomic E-state index is 9.98. The molecule has 0 aromatic heterocycles. The average molecular weight is 316 g/mol. The Morgan fingerprint density at radius 1 is 1.00 bits per heavy atom. The molecule has 116 valence electrons. The fraction of sp³-hybridized carbons (Fsp3) is 0.368. The summed E-state index contributed by atoms with van der Waals surface area (Å²) in [5.41, 5.74) is 3.73. The van der Waals surface area contributed by atoms with Gasteiger partial charge in [-0.2, -0.15) is 0 Å². The molecule has 1 fully saturated rings. The van der Waals surface area contributed by atoms with Crippen molar-refractivity contribution < 1.29 is 5.11 Å². The Labute approximate surface area is 137 Å². The van der Waals surface area contributed by atoms with Gasteiger partial charge in [-0.25, -0.2) is 0 Å². The maximum absolute atomic E-state index is 9.98. The van der Waals surface area contributed by atoms with Crippen molar-refractivity contribution >= 4 is 11.6 Å². The SMILES string of the molecule is CN[C@@H]1C[C@H](Cc2ccc(-c3ccc(Cl)cc3)cc2)C[C@H]1O. The van der Waals surface area contributed by atoms with Gasteiger partial charge in [0, 0.05) is 11.1 Å². The van der Waals surface area contributed by atoms with Crippen LogP contribution in [0.15, 0.2) is 48.5 Å². The molecule has 1 aliphatic rings. The van der Waals surface area contributed by atoms with E-state index in [0.29, 0.717) is 5.92 Å². The Morgan fingerprint density at radius 2 is 1.59 bits per heavy atom. The number of nitrogens with one attached hydrogen (secondary N) is 1. The van der Waals surface area contributed by atoms with Crippen molar-refractivity contribution in [3.05, 3.63) is 59.1 Å². The van der Waals surface area contributed by atoms with Gasteiger partial charge in [0.15, 0.2) is 0 Å². The lowest BCUT2D eigenvalue weighted by molar-refractivity contribution is 0.150. The van der Waals surface area contributed by atoms with Gasteiger partial charge >= 0.3 is 0 Å². The second-order valence-electron chi connectivity index (χ2n) is 6.21. The van der Waals surface area contributed by atoms with Gasteiger partial charge in [-0.3, -0.25) is 0 Å². The van der Waals surface area contributed by atoms with E-state index in [-0.39, 0.29) is 12.1 Å². The van der Waals surface area contributed by atoms with Gasteiger partial charge in [0.05, 0.1) is 6.10 Å². The minimum Gasteiger partial charge on any atom is -0.391 e. The van der Waals surface area contributed by atoms with Crippen LogP contribution in [0.1, 0.15) is 18.4 Å². The lowest BCUT2D eigenvalue weighted by atomic mass is 9.96. The molecule has 0 radical (unpaired) electrons. The van der Waals surface area contributed by atoms with Crippen molar-refractivity contribution in [1.29, 1.82) is 0 Å². The lowest BCUT2D eigenvalue weighted by Gasteiger charge is -2.12. The third-order valence-electron chi connectivity index (χ3n) is 4.65. The van der Waals surface area contributed by atoms with Crippen LogP contribution < -0.4 is 5.32 Å². The topological polar surface area (TPSA) is 32.3 Å². The van der Waals surface area contributed by atoms with Crippen LogP contribution in [0, 0.1) is 5.92 Å². The highest BCUT2D eigenvalue weighted by Crippen LogP contribution is 2.30. The van der Waals surface area contributed by atoms with Crippen LogP contribution in [0.5, 0.6) is 0 Å². The van der Waals surface area contributed by atoms with E-state index < -0.39 is 0 Å². The van der Waals surface area contributed by atoms with E-state index in [0.717, 1.165) is 24.3 Å². The van der Waals surface area contributed by atoms with Crippen molar-refractivity contribution in [1.82, 2.24) is 5.32 Å². The molecule has 1 aliphatic carbocycles. The van der Waals surface area contributed by atoms with E-state index in [1.54, 1.807) is 0 Å². The minimum atomic E-state index is -0.205. The predicted octanol–water partition coefficient (Wildman–Crippen LogP) is 3.91. The van der Waals surface area contributed by atoms with Gasteiger partial charge in [-0.1, -0.05) is 48.0 Å². The van der Waals surface area contributed by atoms with Crippen LogP contribution >= 0.6 is 11.6 Å². The molecule has 2 N–H and O–H groups in total. The first-order valence-corrected chi connectivity index (χ1v) is 8.23. The molecule has 3 rings (SSSR count). The van der Waals surface area contributed by atoms with Crippen LogP contribution in [-0.4, -0.2) is 24.3 Å².